The molecule has 0 saturated heterocycles. The number of likely N-dealkylation sites (N-methyl/N-ethyl adjacent to an activating group) is 2. The smallest absolute Gasteiger partial charge is 0.306 e. The van der Waals surface area contributed by atoms with Gasteiger partial charge in [0.1, 0.15) is 26.2 Å². The number of allylic oxidation sites excluding steroid dienone is 4. The minimum atomic E-state index is -0.620. The Morgan fingerprint density at radius 3 is 0.970 bits per heavy atom. The van der Waals surface area contributed by atoms with E-state index < -0.39 is 12.2 Å². The van der Waals surface area contributed by atoms with Crippen molar-refractivity contribution in [3.63, 3.8) is 0 Å². The molecular weight excluding hydrogens is 829 g/mol. The molecule has 390 valence electrons. The number of rotatable bonds is 51. The highest BCUT2D eigenvalue weighted by Gasteiger charge is 2.41. The second kappa shape index (κ2) is 46.9. The zero-order valence-corrected chi connectivity index (χ0v) is 44.9. The van der Waals surface area contributed by atoms with Crippen molar-refractivity contribution in [2.75, 3.05) is 108 Å². The normalized spacial score (nSPS) is 14.7. The molecule has 0 aliphatic carbocycles. The molecule has 0 fully saturated rings. The lowest BCUT2D eigenvalue weighted by molar-refractivity contribution is -0.920. The van der Waals surface area contributed by atoms with Crippen LogP contribution < -0.4 is 0 Å². The molecule has 10 nitrogen and oxygen atoms in total. The molecule has 0 radical (unpaired) electrons. The lowest BCUT2D eigenvalue weighted by Crippen LogP contribution is -2.60. The van der Waals surface area contributed by atoms with Gasteiger partial charge in [-0.05, 0) is 64.2 Å². The molecule has 4 atom stereocenters. The van der Waals surface area contributed by atoms with Crippen molar-refractivity contribution in [2.24, 2.45) is 0 Å². The SMILES string of the molecule is CCCCCCCC/C=C/CCCCCCCC(=O)OC(C[N+](C)(CCCOC)CCOC)C(C[N+](C)(CCCOC)CCOC)OC(=O)CCCCCCC/C=C/CCCCCCCC. The summed E-state index contributed by atoms with van der Waals surface area (Å²) in [6.07, 6.45) is 42.0. The maximum absolute atomic E-state index is 13.8. The fourth-order valence-corrected chi connectivity index (χ4v) is 8.86. The summed E-state index contributed by atoms with van der Waals surface area (Å²) in [7, 11) is 11.3. The zero-order valence-electron chi connectivity index (χ0n) is 44.9. The van der Waals surface area contributed by atoms with Crippen LogP contribution in [0.2, 0.25) is 0 Å². The van der Waals surface area contributed by atoms with Gasteiger partial charge in [-0.15, -0.1) is 0 Å². The van der Waals surface area contributed by atoms with Gasteiger partial charge in [-0.2, -0.15) is 0 Å². The Bertz CT molecular complexity index is 1050. The first kappa shape index (κ1) is 64.2. The molecule has 0 saturated carbocycles. The first-order valence-electron chi connectivity index (χ1n) is 27.4. The number of carbonyl (C=O) groups is 2. The third-order valence-corrected chi connectivity index (χ3v) is 13.3. The molecule has 10 heteroatoms. The molecule has 0 bridgehead atoms. The number of quaternary nitrogens is 2. The number of methoxy groups -OCH3 is 4. The van der Waals surface area contributed by atoms with E-state index in [1.165, 1.54) is 116 Å². The monoisotopic (exact) mass is 939 g/mol. The third-order valence-electron chi connectivity index (χ3n) is 13.3. The summed E-state index contributed by atoms with van der Waals surface area (Å²) in [5.41, 5.74) is 0. The van der Waals surface area contributed by atoms with Gasteiger partial charge in [0.05, 0.1) is 53.6 Å². The van der Waals surface area contributed by atoms with Crippen molar-refractivity contribution in [3.05, 3.63) is 24.3 Å². The molecule has 0 aromatic carbocycles. The largest absolute Gasteiger partial charge is 0.452 e. The molecule has 66 heavy (non-hydrogen) atoms. The number of hydrogen-bond donors (Lipinski definition) is 0. The number of unbranched alkanes of at least 4 members (excludes halogenated alkanes) is 22. The molecule has 0 spiro atoms. The van der Waals surface area contributed by atoms with Crippen molar-refractivity contribution >= 4 is 11.9 Å². The Morgan fingerprint density at radius 2 is 0.667 bits per heavy atom. The van der Waals surface area contributed by atoms with Crippen LogP contribution in [0.4, 0.5) is 0 Å². The summed E-state index contributed by atoms with van der Waals surface area (Å²) in [6.45, 7) is 11.1. The summed E-state index contributed by atoms with van der Waals surface area (Å²) in [5.74, 6) is -0.423. The van der Waals surface area contributed by atoms with Gasteiger partial charge in [0.25, 0.3) is 0 Å². The fraction of sp³-hybridized carbons (Fsp3) is 0.893. The first-order chi connectivity index (χ1) is 32.1. The second-order valence-corrected chi connectivity index (χ2v) is 19.9. The van der Waals surface area contributed by atoms with Crippen LogP contribution >= 0.6 is 0 Å². The Hall–Kier alpha value is -1.82. The van der Waals surface area contributed by atoms with E-state index in [1.54, 1.807) is 28.4 Å². The average molecular weight is 940 g/mol. The van der Waals surface area contributed by atoms with Crippen molar-refractivity contribution in [3.8, 4) is 0 Å². The lowest BCUT2D eigenvalue weighted by Gasteiger charge is -2.42. The Kier molecular flexibility index (Phi) is 45.6. The summed E-state index contributed by atoms with van der Waals surface area (Å²) in [4.78, 5) is 27.7. The van der Waals surface area contributed by atoms with Gasteiger partial charge in [0.15, 0.2) is 12.2 Å². The van der Waals surface area contributed by atoms with Crippen LogP contribution in [-0.2, 0) is 38.0 Å². The van der Waals surface area contributed by atoms with Crippen LogP contribution in [0.5, 0.6) is 0 Å². The van der Waals surface area contributed by atoms with E-state index in [1.807, 2.05) is 0 Å². The van der Waals surface area contributed by atoms with Gasteiger partial charge < -0.3 is 37.4 Å². The quantitative estimate of drug-likeness (QED) is 0.0258. The Balaban J connectivity index is 5.74. The lowest BCUT2D eigenvalue weighted by atomic mass is 10.1. The summed E-state index contributed by atoms with van der Waals surface area (Å²) in [5, 5.41) is 0. The molecule has 4 unspecified atom stereocenters. The van der Waals surface area contributed by atoms with E-state index in [4.69, 9.17) is 28.4 Å². The highest BCUT2D eigenvalue weighted by molar-refractivity contribution is 5.70. The van der Waals surface area contributed by atoms with Gasteiger partial charge in [0, 0.05) is 54.1 Å². The second-order valence-electron chi connectivity index (χ2n) is 19.9. The minimum Gasteiger partial charge on any atom is -0.452 e. The average Bonchev–Trinajstić information content (AvgIpc) is 3.30. The maximum Gasteiger partial charge on any atom is 0.306 e. The van der Waals surface area contributed by atoms with Crippen LogP contribution in [0, 0.1) is 0 Å². The number of carbonyl (C=O) groups excluding carboxylic acids is 2. The van der Waals surface area contributed by atoms with Crippen LogP contribution in [0.15, 0.2) is 24.3 Å². The predicted octanol–water partition coefficient (Wildman–Crippen LogP) is 13.1. The number of nitrogens with zero attached hydrogens (tertiary/aromatic N) is 2. The molecule has 0 aliphatic rings. The fourth-order valence-electron chi connectivity index (χ4n) is 8.86. The van der Waals surface area contributed by atoms with Crippen molar-refractivity contribution in [2.45, 2.75) is 219 Å². The molecule has 0 rings (SSSR count). The highest BCUT2D eigenvalue weighted by atomic mass is 16.6. The van der Waals surface area contributed by atoms with E-state index in [0.717, 1.165) is 90.4 Å². The highest BCUT2D eigenvalue weighted by Crippen LogP contribution is 2.21. The number of hydrogen-bond acceptors (Lipinski definition) is 8. The molecule has 0 amide bonds. The molecule has 0 aliphatic heterocycles. The zero-order chi connectivity index (χ0) is 48.7. The van der Waals surface area contributed by atoms with Crippen LogP contribution in [-0.4, -0.2) is 141 Å². The van der Waals surface area contributed by atoms with Gasteiger partial charge in [-0.1, -0.05) is 141 Å². The van der Waals surface area contributed by atoms with E-state index in [0.29, 0.717) is 61.3 Å². The summed E-state index contributed by atoms with van der Waals surface area (Å²) < 4.78 is 36.4. The Labute approximate surface area is 408 Å². The van der Waals surface area contributed by atoms with Crippen molar-refractivity contribution in [1.82, 2.24) is 0 Å². The standard InChI is InChI=1S/C56H110N2O8/c1-9-11-13-15-17-19-21-23-25-27-29-31-33-35-37-41-55(59)65-53(51-57(3,45-49-63-7)43-39-47-61-5)54(52-58(4,46-50-64-8)44-40-48-62-6)66-56(60)42-38-36-34-32-30-28-26-24-22-20-18-16-14-12-10-2/h23-26,53-54H,9-22,27-52H2,1-8H3/q+2/b25-23+,26-24+. The molecule has 0 heterocycles. The van der Waals surface area contributed by atoms with Gasteiger partial charge >= 0.3 is 11.9 Å². The summed E-state index contributed by atoms with van der Waals surface area (Å²) in [6, 6.07) is 0. The minimum absolute atomic E-state index is 0.211. The maximum atomic E-state index is 13.8. The molecule has 0 N–H and O–H groups in total. The van der Waals surface area contributed by atoms with Crippen LogP contribution in [0.1, 0.15) is 206 Å². The van der Waals surface area contributed by atoms with Crippen molar-refractivity contribution < 1.29 is 47.0 Å². The van der Waals surface area contributed by atoms with E-state index in [2.05, 4.69) is 52.2 Å². The van der Waals surface area contributed by atoms with Gasteiger partial charge in [-0.3, -0.25) is 9.59 Å². The van der Waals surface area contributed by atoms with Crippen LogP contribution in [0.25, 0.3) is 0 Å². The molecule has 0 aromatic heterocycles. The van der Waals surface area contributed by atoms with Crippen LogP contribution in [0.3, 0.4) is 0 Å². The predicted molar refractivity (Wildman–Crippen MR) is 277 cm³/mol. The van der Waals surface area contributed by atoms with E-state index >= 15 is 0 Å². The Morgan fingerprint density at radius 1 is 0.379 bits per heavy atom. The number of esters is 2. The first-order valence-corrected chi connectivity index (χ1v) is 27.4. The third kappa shape index (κ3) is 40.1. The topological polar surface area (TPSA) is 89.5 Å². The summed E-state index contributed by atoms with van der Waals surface area (Å²) >= 11 is 0. The van der Waals surface area contributed by atoms with E-state index in [-0.39, 0.29) is 11.9 Å². The molecule has 0 aromatic rings. The van der Waals surface area contributed by atoms with Crippen molar-refractivity contribution in [1.29, 1.82) is 0 Å². The van der Waals surface area contributed by atoms with Gasteiger partial charge in [-0.25, -0.2) is 0 Å². The van der Waals surface area contributed by atoms with E-state index in [9.17, 15) is 9.59 Å². The number of ether oxygens (including phenoxy) is 6. The van der Waals surface area contributed by atoms with Gasteiger partial charge in [0.2, 0.25) is 0 Å². The molecular formula is C56H110N2O8+2.